The Bertz CT molecular complexity index is 520. The molecule has 5 nitrogen and oxygen atoms in total. The van der Waals surface area contributed by atoms with Crippen LogP contribution in [0.2, 0.25) is 0 Å². The highest BCUT2D eigenvalue weighted by atomic mass is 16.2. The number of hydrogen-bond donors (Lipinski definition) is 1. The number of hydrogen-bond acceptors (Lipinski definition) is 3. The van der Waals surface area contributed by atoms with Crippen LogP contribution in [0.1, 0.15) is 23.2 Å². The Hall–Kier alpha value is -2.04. The second-order valence-electron chi connectivity index (χ2n) is 5.59. The maximum atomic E-state index is 12.6. The Morgan fingerprint density at radius 3 is 2.38 bits per heavy atom. The lowest BCUT2D eigenvalue weighted by Gasteiger charge is -2.32. The molecule has 0 bridgehead atoms. The molecule has 0 radical (unpaired) electrons. The number of amides is 2. The van der Waals surface area contributed by atoms with Crippen molar-refractivity contribution in [2.24, 2.45) is 5.92 Å². The van der Waals surface area contributed by atoms with Crippen molar-refractivity contribution in [2.45, 2.75) is 12.8 Å². The number of likely N-dealkylation sites (tertiary alicyclic amines) is 1. The van der Waals surface area contributed by atoms with Crippen LogP contribution in [0.4, 0.5) is 5.69 Å². The Kier molecular flexibility index (Phi) is 4.83. The number of piperidine rings is 1. The van der Waals surface area contributed by atoms with Gasteiger partial charge in [0.2, 0.25) is 5.91 Å². The molecule has 0 saturated carbocycles. The van der Waals surface area contributed by atoms with Gasteiger partial charge in [0.15, 0.2) is 0 Å². The lowest BCUT2D eigenvalue weighted by atomic mass is 9.95. The van der Waals surface area contributed by atoms with Gasteiger partial charge < -0.3 is 15.1 Å². The molecule has 0 aromatic heterocycles. The van der Waals surface area contributed by atoms with E-state index in [4.69, 9.17) is 0 Å². The molecular weight excluding hydrogens is 266 g/mol. The molecule has 21 heavy (non-hydrogen) atoms. The fourth-order valence-electron chi connectivity index (χ4n) is 2.75. The number of rotatable bonds is 3. The molecule has 1 saturated heterocycles. The zero-order valence-electron chi connectivity index (χ0n) is 12.9. The average Bonchev–Trinajstić information content (AvgIpc) is 2.53. The highest BCUT2D eigenvalue weighted by Gasteiger charge is 2.29. The number of nitrogens with zero attached hydrogens (tertiary/aromatic N) is 2. The van der Waals surface area contributed by atoms with Crippen LogP contribution in [-0.4, -0.2) is 55.8 Å². The van der Waals surface area contributed by atoms with E-state index in [1.165, 1.54) is 0 Å². The summed E-state index contributed by atoms with van der Waals surface area (Å²) in [5.74, 6) is 0.247. The van der Waals surface area contributed by atoms with Crippen LogP contribution in [0.5, 0.6) is 0 Å². The van der Waals surface area contributed by atoms with E-state index >= 15 is 0 Å². The first-order chi connectivity index (χ1) is 10.0. The second-order valence-corrected chi connectivity index (χ2v) is 5.59. The van der Waals surface area contributed by atoms with Gasteiger partial charge in [-0.3, -0.25) is 9.59 Å². The molecule has 0 spiro atoms. The molecule has 1 aliphatic rings. The topological polar surface area (TPSA) is 52.7 Å². The summed E-state index contributed by atoms with van der Waals surface area (Å²) in [7, 11) is 5.38. The molecule has 1 fully saturated rings. The van der Waals surface area contributed by atoms with Crippen molar-refractivity contribution in [1.29, 1.82) is 0 Å². The average molecular weight is 289 g/mol. The predicted octanol–water partition coefficient (Wildman–Crippen LogP) is 1.67. The Labute approximate surface area is 125 Å². The molecule has 2 rings (SSSR count). The SMILES string of the molecule is CNc1ccccc1C(=O)N1CCC(C(=O)N(C)C)CC1. The Morgan fingerprint density at radius 1 is 1.19 bits per heavy atom. The van der Waals surface area contributed by atoms with Crippen LogP contribution in [0, 0.1) is 5.92 Å². The largest absolute Gasteiger partial charge is 0.387 e. The summed E-state index contributed by atoms with van der Waals surface area (Å²) in [5.41, 5.74) is 1.53. The minimum atomic E-state index is 0.0377. The van der Waals surface area contributed by atoms with Gasteiger partial charge in [0, 0.05) is 45.8 Å². The summed E-state index contributed by atoms with van der Waals surface area (Å²) < 4.78 is 0. The predicted molar refractivity (Wildman–Crippen MR) is 83.3 cm³/mol. The number of benzene rings is 1. The van der Waals surface area contributed by atoms with E-state index in [1.54, 1.807) is 19.0 Å². The smallest absolute Gasteiger partial charge is 0.255 e. The van der Waals surface area contributed by atoms with Gasteiger partial charge in [-0.1, -0.05) is 12.1 Å². The number of carbonyl (C=O) groups excluding carboxylic acids is 2. The highest BCUT2D eigenvalue weighted by Crippen LogP contribution is 2.23. The van der Waals surface area contributed by atoms with Crippen molar-refractivity contribution in [3.63, 3.8) is 0 Å². The molecule has 1 aromatic carbocycles. The molecular formula is C16H23N3O2. The Morgan fingerprint density at radius 2 is 1.81 bits per heavy atom. The van der Waals surface area contributed by atoms with Crippen molar-refractivity contribution in [3.8, 4) is 0 Å². The summed E-state index contributed by atoms with van der Waals surface area (Å²) in [5, 5.41) is 3.05. The number of para-hydroxylation sites is 1. The van der Waals surface area contributed by atoms with Crippen molar-refractivity contribution < 1.29 is 9.59 Å². The first-order valence-electron chi connectivity index (χ1n) is 7.31. The minimum Gasteiger partial charge on any atom is -0.387 e. The zero-order valence-corrected chi connectivity index (χ0v) is 12.9. The van der Waals surface area contributed by atoms with Gasteiger partial charge in [0.25, 0.3) is 5.91 Å². The second kappa shape index (κ2) is 6.61. The van der Waals surface area contributed by atoms with E-state index in [0.717, 1.165) is 18.5 Å². The first kappa shape index (κ1) is 15.4. The third-order valence-corrected chi connectivity index (χ3v) is 4.00. The van der Waals surface area contributed by atoms with Crippen molar-refractivity contribution >= 4 is 17.5 Å². The molecule has 0 unspecified atom stereocenters. The van der Waals surface area contributed by atoms with E-state index in [-0.39, 0.29) is 17.7 Å². The van der Waals surface area contributed by atoms with Crippen LogP contribution in [-0.2, 0) is 4.79 Å². The molecule has 1 aromatic rings. The van der Waals surface area contributed by atoms with Crippen LogP contribution in [0.3, 0.4) is 0 Å². The summed E-state index contributed by atoms with van der Waals surface area (Å²) in [6.07, 6.45) is 1.48. The van der Waals surface area contributed by atoms with E-state index in [1.807, 2.05) is 36.2 Å². The van der Waals surface area contributed by atoms with Crippen LogP contribution < -0.4 is 5.32 Å². The first-order valence-corrected chi connectivity index (χ1v) is 7.31. The van der Waals surface area contributed by atoms with E-state index < -0.39 is 0 Å². The number of anilines is 1. The minimum absolute atomic E-state index is 0.0377. The summed E-state index contributed by atoms with van der Waals surface area (Å²) >= 11 is 0. The quantitative estimate of drug-likeness (QED) is 0.921. The van der Waals surface area contributed by atoms with E-state index in [2.05, 4.69) is 5.32 Å². The van der Waals surface area contributed by atoms with Crippen molar-refractivity contribution in [2.75, 3.05) is 39.5 Å². The molecule has 1 N–H and O–H groups in total. The lowest BCUT2D eigenvalue weighted by Crippen LogP contribution is -2.42. The summed E-state index contributed by atoms with van der Waals surface area (Å²) in [4.78, 5) is 28.0. The van der Waals surface area contributed by atoms with Gasteiger partial charge in [-0.05, 0) is 25.0 Å². The zero-order chi connectivity index (χ0) is 15.4. The van der Waals surface area contributed by atoms with Crippen LogP contribution in [0.15, 0.2) is 24.3 Å². The molecule has 2 amide bonds. The normalized spacial score (nSPS) is 15.7. The highest BCUT2D eigenvalue weighted by molar-refractivity contribution is 5.99. The van der Waals surface area contributed by atoms with Gasteiger partial charge in [-0.2, -0.15) is 0 Å². The van der Waals surface area contributed by atoms with Gasteiger partial charge in [-0.15, -0.1) is 0 Å². The lowest BCUT2D eigenvalue weighted by molar-refractivity contribution is -0.134. The summed E-state index contributed by atoms with van der Waals surface area (Å²) in [6, 6.07) is 7.52. The van der Waals surface area contributed by atoms with Crippen molar-refractivity contribution in [1.82, 2.24) is 9.80 Å². The third kappa shape index (κ3) is 3.35. The fraction of sp³-hybridized carbons (Fsp3) is 0.500. The summed E-state index contributed by atoms with van der Waals surface area (Å²) in [6.45, 7) is 1.28. The van der Waals surface area contributed by atoms with E-state index in [9.17, 15) is 9.59 Å². The molecule has 1 heterocycles. The molecule has 1 aliphatic heterocycles. The molecule has 0 aliphatic carbocycles. The van der Waals surface area contributed by atoms with Crippen LogP contribution >= 0.6 is 0 Å². The van der Waals surface area contributed by atoms with Crippen molar-refractivity contribution in [3.05, 3.63) is 29.8 Å². The maximum Gasteiger partial charge on any atom is 0.255 e. The van der Waals surface area contributed by atoms with Crippen LogP contribution in [0.25, 0.3) is 0 Å². The fourth-order valence-corrected chi connectivity index (χ4v) is 2.75. The Balaban J connectivity index is 2.02. The van der Waals surface area contributed by atoms with Gasteiger partial charge in [0.05, 0.1) is 5.56 Å². The maximum absolute atomic E-state index is 12.6. The van der Waals surface area contributed by atoms with E-state index in [0.29, 0.717) is 18.7 Å². The number of nitrogens with one attached hydrogen (secondary N) is 1. The van der Waals surface area contributed by atoms with Gasteiger partial charge >= 0.3 is 0 Å². The third-order valence-electron chi connectivity index (χ3n) is 4.00. The van der Waals surface area contributed by atoms with Gasteiger partial charge in [-0.25, -0.2) is 0 Å². The number of carbonyl (C=O) groups is 2. The molecule has 5 heteroatoms. The molecule has 0 atom stereocenters. The monoisotopic (exact) mass is 289 g/mol. The standard InChI is InChI=1S/C16H23N3O2/c1-17-14-7-5-4-6-13(14)16(21)19-10-8-12(9-11-19)15(20)18(2)3/h4-7,12,17H,8-11H2,1-3H3. The van der Waals surface area contributed by atoms with Gasteiger partial charge in [0.1, 0.15) is 0 Å². The molecule has 114 valence electrons.